The second kappa shape index (κ2) is 11.1. The van der Waals surface area contributed by atoms with Gasteiger partial charge >= 0.3 is 0 Å². The number of nitrogens with one attached hydrogen (secondary N) is 2. The molecule has 148 valence electrons. The van der Waals surface area contributed by atoms with E-state index in [0.717, 1.165) is 29.2 Å². The van der Waals surface area contributed by atoms with Gasteiger partial charge in [0.15, 0.2) is 5.11 Å². The van der Waals surface area contributed by atoms with Crippen LogP contribution in [0.5, 0.6) is 11.5 Å². The van der Waals surface area contributed by atoms with Crippen molar-refractivity contribution >= 4 is 35.0 Å². The molecule has 2 aromatic rings. The number of rotatable bonds is 8. The molecule has 0 aromatic heterocycles. The van der Waals surface area contributed by atoms with Gasteiger partial charge in [0, 0.05) is 11.8 Å². The second-order valence-corrected chi connectivity index (χ2v) is 7.01. The Morgan fingerprint density at radius 3 is 2.32 bits per heavy atom. The van der Waals surface area contributed by atoms with Crippen LogP contribution >= 0.6 is 12.2 Å². The topological polar surface area (TPSA) is 59.6 Å². The van der Waals surface area contributed by atoms with Gasteiger partial charge in [0.1, 0.15) is 11.5 Å². The third-order valence-corrected chi connectivity index (χ3v) is 4.06. The van der Waals surface area contributed by atoms with Gasteiger partial charge in [0.2, 0.25) is 5.91 Å². The van der Waals surface area contributed by atoms with Crippen LogP contribution in [0.3, 0.4) is 0 Å². The molecular formula is C22H26N2O3S. The van der Waals surface area contributed by atoms with E-state index in [1.807, 2.05) is 48.5 Å². The molecule has 0 aliphatic heterocycles. The average Bonchev–Trinajstić information content (AvgIpc) is 2.68. The van der Waals surface area contributed by atoms with Gasteiger partial charge in [-0.3, -0.25) is 10.1 Å². The number of hydrogen-bond acceptors (Lipinski definition) is 4. The van der Waals surface area contributed by atoms with E-state index < -0.39 is 0 Å². The minimum absolute atomic E-state index is 0.234. The van der Waals surface area contributed by atoms with Crippen molar-refractivity contribution < 1.29 is 14.3 Å². The van der Waals surface area contributed by atoms with Gasteiger partial charge in [0.25, 0.3) is 0 Å². The van der Waals surface area contributed by atoms with E-state index in [4.69, 9.17) is 21.7 Å². The zero-order valence-corrected chi connectivity index (χ0v) is 17.2. The summed E-state index contributed by atoms with van der Waals surface area (Å²) in [6.45, 7) is 5.02. The Kier molecular flexibility index (Phi) is 8.49. The maximum absolute atomic E-state index is 12.0. The lowest BCUT2D eigenvalue weighted by Gasteiger charge is -2.10. The molecule has 28 heavy (non-hydrogen) atoms. The number of amides is 1. The highest BCUT2D eigenvalue weighted by Crippen LogP contribution is 2.16. The minimum atomic E-state index is -0.304. The first-order chi connectivity index (χ1) is 13.5. The fourth-order valence-corrected chi connectivity index (χ4v) is 2.47. The highest BCUT2D eigenvalue weighted by Gasteiger charge is 2.03. The first kappa shape index (κ1) is 21.4. The van der Waals surface area contributed by atoms with Crippen molar-refractivity contribution in [3.63, 3.8) is 0 Å². The highest BCUT2D eigenvalue weighted by atomic mass is 32.1. The van der Waals surface area contributed by atoms with Crippen LogP contribution in [0.15, 0.2) is 54.6 Å². The van der Waals surface area contributed by atoms with Crippen molar-refractivity contribution in [1.29, 1.82) is 0 Å². The summed E-state index contributed by atoms with van der Waals surface area (Å²) in [5, 5.41) is 5.84. The number of hydrogen-bond donors (Lipinski definition) is 2. The lowest BCUT2D eigenvalue weighted by molar-refractivity contribution is -0.115. The number of benzene rings is 2. The summed E-state index contributed by atoms with van der Waals surface area (Å²) in [5.74, 6) is 1.88. The molecule has 0 aliphatic carbocycles. The monoisotopic (exact) mass is 398 g/mol. The summed E-state index contributed by atoms with van der Waals surface area (Å²) in [4.78, 5) is 12.0. The van der Waals surface area contributed by atoms with Crippen LogP contribution in [0, 0.1) is 5.92 Å². The van der Waals surface area contributed by atoms with Crippen molar-refractivity contribution in [2.75, 3.05) is 19.0 Å². The Hall–Kier alpha value is -2.86. The number of thiocarbonyl (C=S) groups is 1. The molecule has 0 saturated carbocycles. The lowest BCUT2D eigenvalue weighted by atomic mass is 10.1. The maximum atomic E-state index is 12.0. The third-order valence-electron chi connectivity index (χ3n) is 3.86. The van der Waals surface area contributed by atoms with Gasteiger partial charge in [0.05, 0.1) is 13.7 Å². The van der Waals surface area contributed by atoms with E-state index in [9.17, 15) is 4.79 Å². The Balaban J connectivity index is 1.79. The molecule has 0 radical (unpaired) electrons. The van der Waals surface area contributed by atoms with Gasteiger partial charge < -0.3 is 14.8 Å². The van der Waals surface area contributed by atoms with Crippen molar-refractivity contribution in [3.8, 4) is 11.5 Å². The normalized spacial score (nSPS) is 10.7. The summed E-state index contributed by atoms with van der Waals surface area (Å²) < 4.78 is 10.8. The molecule has 0 saturated heterocycles. The fraction of sp³-hybridized carbons (Fsp3) is 0.273. The van der Waals surface area contributed by atoms with E-state index in [2.05, 4.69) is 24.5 Å². The number of methoxy groups -OCH3 is 1. The summed E-state index contributed by atoms with van der Waals surface area (Å²) >= 11 is 5.18. The Morgan fingerprint density at radius 1 is 1.07 bits per heavy atom. The molecular weight excluding hydrogens is 372 g/mol. The molecule has 2 aromatic carbocycles. The summed E-state index contributed by atoms with van der Waals surface area (Å²) in [7, 11) is 1.61. The number of anilines is 1. The summed E-state index contributed by atoms with van der Waals surface area (Å²) in [6.07, 6.45) is 4.16. The van der Waals surface area contributed by atoms with E-state index in [-0.39, 0.29) is 11.0 Å². The predicted molar refractivity (Wildman–Crippen MR) is 118 cm³/mol. The quantitative estimate of drug-likeness (QED) is 0.501. The van der Waals surface area contributed by atoms with Gasteiger partial charge in [-0.15, -0.1) is 0 Å². The maximum Gasteiger partial charge on any atom is 0.250 e. The molecule has 0 atom stereocenters. The van der Waals surface area contributed by atoms with Crippen LogP contribution in [0.4, 0.5) is 5.69 Å². The van der Waals surface area contributed by atoms with Crippen molar-refractivity contribution in [2.24, 2.45) is 5.92 Å². The molecule has 0 fully saturated rings. The molecule has 1 amide bonds. The number of carbonyl (C=O) groups is 1. The van der Waals surface area contributed by atoms with Crippen molar-refractivity contribution in [1.82, 2.24) is 5.32 Å². The van der Waals surface area contributed by atoms with Crippen LogP contribution < -0.4 is 20.1 Å². The zero-order chi connectivity index (χ0) is 20.4. The van der Waals surface area contributed by atoms with Gasteiger partial charge in [-0.25, -0.2) is 0 Å². The van der Waals surface area contributed by atoms with Crippen LogP contribution in [0.1, 0.15) is 25.8 Å². The molecule has 0 spiro atoms. The first-order valence-electron chi connectivity index (χ1n) is 9.13. The molecule has 6 heteroatoms. The second-order valence-electron chi connectivity index (χ2n) is 6.61. The van der Waals surface area contributed by atoms with Crippen molar-refractivity contribution in [2.45, 2.75) is 20.3 Å². The lowest BCUT2D eigenvalue weighted by Crippen LogP contribution is -2.32. The SMILES string of the molecule is COc1ccc(/C=C/C(=O)NC(=S)Nc2ccc(OCCC(C)C)cc2)cc1. The molecule has 0 bridgehead atoms. The van der Waals surface area contributed by atoms with Gasteiger partial charge in [-0.1, -0.05) is 26.0 Å². The first-order valence-corrected chi connectivity index (χ1v) is 9.54. The standard InChI is InChI=1S/C22H26N2O3S/c1-16(2)14-15-27-20-11-7-18(8-12-20)23-22(28)24-21(25)13-6-17-4-9-19(26-3)10-5-17/h4-13,16H,14-15H2,1-3H3,(H2,23,24,25,28)/b13-6+. The average molecular weight is 399 g/mol. The van der Waals surface area contributed by atoms with Gasteiger partial charge in [-0.05, 0) is 72.6 Å². The highest BCUT2D eigenvalue weighted by molar-refractivity contribution is 7.80. The number of ether oxygens (including phenoxy) is 2. The third kappa shape index (κ3) is 7.80. The Bertz CT molecular complexity index is 800. The Labute approximate surface area is 171 Å². The zero-order valence-electron chi connectivity index (χ0n) is 16.4. The molecule has 2 N–H and O–H groups in total. The minimum Gasteiger partial charge on any atom is -0.497 e. The summed E-state index contributed by atoms with van der Waals surface area (Å²) in [6, 6.07) is 14.9. The largest absolute Gasteiger partial charge is 0.497 e. The van der Waals surface area contributed by atoms with Crippen LogP contribution in [-0.4, -0.2) is 24.7 Å². The van der Waals surface area contributed by atoms with E-state index in [0.29, 0.717) is 12.5 Å². The molecule has 0 aliphatic rings. The molecule has 2 rings (SSSR count). The van der Waals surface area contributed by atoms with Crippen LogP contribution in [-0.2, 0) is 4.79 Å². The van der Waals surface area contributed by atoms with E-state index in [1.165, 1.54) is 6.08 Å². The van der Waals surface area contributed by atoms with Crippen molar-refractivity contribution in [3.05, 3.63) is 60.2 Å². The fourth-order valence-electron chi connectivity index (χ4n) is 2.25. The van der Waals surface area contributed by atoms with E-state index >= 15 is 0 Å². The Morgan fingerprint density at radius 2 is 1.71 bits per heavy atom. The predicted octanol–water partition coefficient (Wildman–Crippen LogP) is 4.65. The molecule has 0 heterocycles. The molecule has 5 nitrogen and oxygen atoms in total. The van der Waals surface area contributed by atoms with Crippen LogP contribution in [0.25, 0.3) is 6.08 Å². The molecule has 0 unspecified atom stereocenters. The summed E-state index contributed by atoms with van der Waals surface area (Å²) in [5.41, 5.74) is 1.67. The van der Waals surface area contributed by atoms with Gasteiger partial charge in [-0.2, -0.15) is 0 Å². The number of carbonyl (C=O) groups excluding carboxylic acids is 1. The van der Waals surface area contributed by atoms with E-state index in [1.54, 1.807) is 13.2 Å². The smallest absolute Gasteiger partial charge is 0.250 e. The van der Waals surface area contributed by atoms with Crippen LogP contribution in [0.2, 0.25) is 0 Å².